The van der Waals surface area contributed by atoms with E-state index in [0.717, 1.165) is 31.2 Å². The molecule has 4 rings (SSSR count). The fraction of sp³-hybridized carbons (Fsp3) is 0.308. The van der Waals surface area contributed by atoms with Gasteiger partial charge in [-0.3, -0.25) is 14.6 Å². The third-order valence-electron chi connectivity index (χ3n) is 6.25. The largest absolute Gasteiger partial charge is 0.416 e. The average molecular weight is 536 g/mol. The second-order valence-electron chi connectivity index (χ2n) is 8.91. The summed E-state index contributed by atoms with van der Waals surface area (Å²) in [6, 6.07) is 8.20. The molecule has 2 heterocycles. The van der Waals surface area contributed by atoms with E-state index < -0.39 is 41.0 Å². The summed E-state index contributed by atoms with van der Waals surface area (Å²) in [6.07, 6.45) is -3.25. The highest BCUT2D eigenvalue weighted by atomic mass is 19.4. The summed E-state index contributed by atoms with van der Waals surface area (Å²) in [7, 11) is 0. The molecule has 2 aromatic heterocycles. The van der Waals surface area contributed by atoms with Crippen LogP contribution in [-0.2, 0) is 12.4 Å². The zero-order valence-corrected chi connectivity index (χ0v) is 19.7. The Morgan fingerprint density at radius 2 is 1.45 bits per heavy atom. The molecule has 0 radical (unpaired) electrons. The van der Waals surface area contributed by atoms with Crippen molar-refractivity contribution in [1.29, 1.82) is 0 Å². The van der Waals surface area contributed by atoms with Crippen LogP contribution in [0.2, 0.25) is 0 Å². The van der Waals surface area contributed by atoms with Crippen LogP contribution in [0.15, 0.2) is 60.9 Å². The predicted octanol–water partition coefficient (Wildman–Crippen LogP) is 6.22. The zero-order chi connectivity index (χ0) is 27.5. The number of anilines is 1. The molecule has 0 unspecified atom stereocenters. The molecule has 0 spiro atoms. The normalized spacial score (nSPS) is 18.1. The van der Waals surface area contributed by atoms with Gasteiger partial charge in [-0.1, -0.05) is 25.0 Å². The third-order valence-corrected chi connectivity index (χ3v) is 6.25. The molecule has 1 fully saturated rings. The second kappa shape index (κ2) is 10.8. The number of hydrogen-bond acceptors (Lipinski definition) is 4. The van der Waals surface area contributed by atoms with Gasteiger partial charge >= 0.3 is 12.4 Å². The molecule has 0 bridgehead atoms. The Bertz CT molecular complexity index is 1280. The molecule has 1 aliphatic rings. The van der Waals surface area contributed by atoms with E-state index in [4.69, 9.17) is 0 Å². The lowest BCUT2D eigenvalue weighted by Crippen LogP contribution is -2.41. The number of alkyl halides is 6. The van der Waals surface area contributed by atoms with Gasteiger partial charge in [-0.05, 0) is 54.8 Å². The van der Waals surface area contributed by atoms with Crippen molar-refractivity contribution >= 4 is 17.5 Å². The second-order valence-corrected chi connectivity index (χ2v) is 8.91. The van der Waals surface area contributed by atoms with Crippen molar-refractivity contribution in [1.82, 2.24) is 15.3 Å². The summed E-state index contributed by atoms with van der Waals surface area (Å²) >= 11 is 0. The standard InChI is InChI=1S/C26H22F6N4O2/c27-25(28,29)16-11-17(26(30,31)32)13-18(12-16)34-23(37)21-8-3-9-22(35-21)24(38)36-20-7-2-1-6-19(20)15-5-4-10-33-14-15/h3-5,8-14,19-20H,1-2,6-7H2,(H,34,37)(H,36,38)/t19-,20+/m1/s1. The molecular formula is C26H22F6N4O2. The van der Waals surface area contributed by atoms with E-state index in [-0.39, 0.29) is 29.4 Å². The van der Waals surface area contributed by atoms with Crippen LogP contribution >= 0.6 is 0 Å². The first-order chi connectivity index (χ1) is 17.9. The van der Waals surface area contributed by atoms with Crippen LogP contribution in [-0.4, -0.2) is 27.8 Å². The van der Waals surface area contributed by atoms with Gasteiger partial charge in [-0.25, -0.2) is 4.98 Å². The number of amides is 2. The molecule has 0 saturated heterocycles. The Morgan fingerprint density at radius 1 is 0.816 bits per heavy atom. The minimum atomic E-state index is -5.07. The summed E-state index contributed by atoms with van der Waals surface area (Å²) in [4.78, 5) is 33.8. The molecule has 1 aromatic carbocycles. The van der Waals surface area contributed by atoms with Crippen molar-refractivity contribution in [2.24, 2.45) is 0 Å². The lowest BCUT2D eigenvalue weighted by atomic mass is 9.80. The summed E-state index contributed by atoms with van der Waals surface area (Å²) in [5, 5.41) is 4.96. The lowest BCUT2D eigenvalue weighted by Gasteiger charge is -2.32. The van der Waals surface area contributed by atoms with Crippen LogP contribution < -0.4 is 10.6 Å². The number of nitrogens with zero attached hydrogens (tertiary/aromatic N) is 2. The number of aromatic nitrogens is 2. The molecule has 38 heavy (non-hydrogen) atoms. The number of hydrogen-bond donors (Lipinski definition) is 2. The van der Waals surface area contributed by atoms with Gasteiger partial charge in [0.25, 0.3) is 11.8 Å². The van der Waals surface area contributed by atoms with Crippen LogP contribution in [0.1, 0.15) is 69.3 Å². The smallest absolute Gasteiger partial charge is 0.347 e. The van der Waals surface area contributed by atoms with Gasteiger partial charge in [0.1, 0.15) is 11.4 Å². The number of benzene rings is 1. The van der Waals surface area contributed by atoms with Gasteiger partial charge in [0.15, 0.2) is 0 Å². The molecular weight excluding hydrogens is 514 g/mol. The van der Waals surface area contributed by atoms with Gasteiger partial charge < -0.3 is 10.6 Å². The third kappa shape index (κ3) is 6.48. The minimum Gasteiger partial charge on any atom is -0.347 e. The molecule has 2 N–H and O–H groups in total. The topological polar surface area (TPSA) is 84.0 Å². The van der Waals surface area contributed by atoms with E-state index >= 15 is 0 Å². The summed E-state index contributed by atoms with van der Waals surface area (Å²) in [5.41, 5.74) is -3.34. The van der Waals surface area contributed by atoms with Crippen LogP contribution in [0, 0.1) is 0 Å². The maximum absolute atomic E-state index is 13.1. The Hall–Kier alpha value is -3.96. The van der Waals surface area contributed by atoms with Crippen molar-refractivity contribution in [3.63, 3.8) is 0 Å². The van der Waals surface area contributed by atoms with E-state index in [2.05, 4.69) is 15.3 Å². The molecule has 1 saturated carbocycles. The van der Waals surface area contributed by atoms with Gasteiger partial charge in [0.05, 0.1) is 11.1 Å². The van der Waals surface area contributed by atoms with Gasteiger partial charge in [0.2, 0.25) is 0 Å². The summed E-state index contributed by atoms with van der Waals surface area (Å²) < 4.78 is 78.8. The van der Waals surface area contributed by atoms with Gasteiger partial charge in [-0.15, -0.1) is 0 Å². The van der Waals surface area contributed by atoms with E-state index in [9.17, 15) is 35.9 Å². The number of halogens is 6. The lowest BCUT2D eigenvalue weighted by molar-refractivity contribution is -0.143. The zero-order valence-electron chi connectivity index (χ0n) is 19.7. The average Bonchev–Trinajstić information content (AvgIpc) is 2.88. The van der Waals surface area contributed by atoms with Crippen LogP contribution in [0.4, 0.5) is 32.0 Å². The highest BCUT2D eigenvalue weighted by Gasteiger charge is 2.37. The fourth-order valence-corrected chi connectivity index (χ4v) is 4.45. The van der Waals surface area contributed by atoms with E-state index in [1.807, 2.05) is 17.4 Å². The molecule has 12 heteroatoms. The highest BCUT2D eigenvalue weighted by molar-refractivity contribution is 6.04. The van der Waals surface area contributed by atoms with E-state index in [1.165, 1.54) is 18.2 Å². The first-order valence-corrected chi connectivity index (χ1v) is 11.7. The van der Waals surface area contributed by atoms with Gasteiger partial charge in [0, 0.05) is 30.0 Å². The van der Waals surface area contributed by atoms with Crippen molar-refractivity contribution < 1.29 is 35.9 Å². The Balaban J connectivity index is 1.52. The van der Waals surface area contributed by atoms with Crippen molar-refractivity contribution in [2.45, 2.75) is 50.0 Å². The molecule has 2 amide bonds. The fourth-order valence-electron chi connectivity index (χ4n) is 4.45. The van der Waals surface area contributed by atoms with Crippen LogP contribution in [0.25, 0.3) is 0 Å². The molecule has 0 aliphatic heterocycles. The predicted molar refractivity (Wildman–Crippen MR) is 125 cm³/mol. The minimum absolute atomic E-state index is 0.0385. The molecule has 2 atom stereocenters. The number of pyridine rings is 2. The van der Waals surface area contributed by atoms with Crippen molar-refractivity contribution in [3.05, 3.63) is 89.0 Å². The highest BCUT2D eigenvalue weighted by Crippen LogP contribution is 2.37. The number of rotatable bonds is 5. The Kier molecular flexibility index (Phi) is 7.70. The number of carbonyl (C=O) groups is 2. The van der Waals surface area contributed by atoms with E-state index in [0.29, 0.717) is 12.1 Å². The number of nitrogens with one attached hydrogen (secondary N) is 2. The van der Waals surface area contributed by atoms with Crippen LogP contribution in [0.5, 0.6) is 0 Å². The molecule has 200 valence electrons. The van der Waals surface area contributed by atoms with Gasteiger partial charge in [-0.2, -0.15) is 26.3 Å². The quantitative estimate of drug-likeness (QED) is 0.379. The molecule has 6 nitrogen and oxygen atoms in total. The monoisotopic (exact) mass is 536 g/mol. The Morgan fingerprint density at radius 3 is 2.05 bits per heavy atom. The SMILES string of the molecule is O=C(Nc1cc(C(F)(F)F)cc(C(F)(F)F)c1)c1cccc(C(=O)N[C@H]2CCCC[C@@H]2c2cccnc2)n1. The first kappa shape index (κ1) is 27.1. The van der Waals surface area contributed by atoms with Crippen molar-refractivity contribution in [3.8, 4) is 0 Å². The van der Waals surface area contributed by atoms with Crippen LogP contribution in [0.3, 0.4) is 0 Å². The maximum Gasteiger partial charge on any atom is 0.416 e. The summed E-state index contributed by atoms with van der Waals surface area (Å²) in [5.74, 6) is -1.59. The van der Waals surface area contributed by atoms with E-state index in [1.54, 1.807) is 12.4 Å². The summed E-state index contributed by atoms with van der Waals surface area (Å²) in [6.45, 7) is 0. The maximum atomic E-state index is 13.1. The Labute approximate surface area is 213 Å². The molecule has 3 aromatic rings. The first-order valence-electron chi connectivity index (χ1n) is 11.7. The van der Waals surface area contributed by atoms with Crippen molar-refractivity contribution in [2.75, 3.05) is 5.32 Å². The molecule has 1 aliphatic carbocycles. The number of carbonyl (C=O) groups excluding carboxylic acids is 2.